The molecule has 190 valence electrons. The van der Waals surface area contributed by atoms with Gasteiger partial charge in [0.1, 0.15) is 11.5 Å². The van der Waals surface area contributed by atoms with Crippen molar-refractivity contribution in [3.05, 3.63) is 89.5 Å². The zero-order chi connectivity index (χ0) is 25.8. The second kappa shape index (κ2) is 11.2. The van der Waals surface area contributed by atoms with E-state index in [1.54, 1.807) is 54.2 Å². The first-order valence-electron chi connectivity index (χ1n) is 12.3. The predicted molar refractivity (Wildman–Crippen MR) is 143 cm³/mol. The predicted octanol–water partition coefficient (Wildman–Crippen LogP) is 5.51. The van der Waals surface area contributed by atoms with Gasteiger partial charge in [-0.3, -0.25) is 19.3 Å². The molecule has 2 aliphatic rings. The van der Waals surface area contributed by atoms with E-state index in [0.29, 0.717) is 34.9 Å². The Hall–Kier alpha value is -3.62. The summed E-state index contributed by atoms with van der Waals surface area (Å²) in [4.78, 5) is 39.4. The number of fused-ring (bicyclic) bond motifs is 1. The number of anilines is 1. The summed E-state index contributed by atoms with van der Waals surface area (Å²) in [5, 5.41) is 2.73. The number of nitrogens with one attached hydrogen (secondary N) is 1. The third-order valence-corrected chi connectivity index (χ3v) is 7.64. The Bertz CT molecular complexity index is 1290. The van der Waals surface area contributed by atoms with Crippen LogP contribution in [0.5, 0.6) is 11.5 Å². The summed E-state index contributed by atoms with van der Waals surface area (Å²) in [6.07, 6.45) is 1.70. The summed E-state index contributed by atoms with van der Waals surface area (Å²) in [5.41, 5.74) is 2.57. The highest BCUT2D eigenvalue weighted by Gasteiger charge is 2.37. The lowest BCUT2D eigenvalue weighted by atomic mass is 10.1. The number of nitrogens with zero attached hydrogens (tertiary/aromatic N) is 1. The molecule has 8 heteroatoms. The number of amides is 3. The monoisotopic (exact) mass is 516 g/mol. The Labute approximate surface area is 220 Å². The molecule has 3 amide bonds. The number of imide groups is 1. The Morgan fingerprint density at radius 2 is 1.76 bits per heavy atom. The normalized spacial score (nSPS) is 17.5. The molecule has 1 saturated heterocycles. The number of benzene rings is 3. The van der Waals surface area contributed by atoms with Crippen LogP contribution in [0.4, 0.5) is 5.69 Å². The molecule has 37 heavy (non-hydrogen) atoms. The molecule has 3 aromatic rings. The van der Waals surface area contributed by atoms with Gasteiger partial charge in [0.15, 0.2) is 0 Å². The first-order valence-corrected chi connectivity index (χ1v) is 13.4. The van der Waals surface area contributed by atoms with E-state index < -0.39 is 0 Å². The van der Waals surface area contributed by atoms with E-state index in [2.05, 4.69) is 5.32 Å². The summed E-state index contributed by atoms with van der Waals surface area (Å²) in [6.45, 7) is 2.84. The van der Waals surface area contributed by atoms with Crippen molar-refractivity contribution in [1.29, 1.82) is 0 Å². The molecule has 7 nitrogen and oxygen atoms in total. The molecule has 2 aliphatic heterocycles. The van der Waals surface area contributed by atoms with Crippen LogP contribution in [0.2, 0.25) is 0 Å². The lowest BCUT2D eigenvalue weighted by Crippen LogP contribution is -2.36. The maximum Gasteiger partial charge on any atom is 0.261 e. The Kier molecular flexibility index (Phi) is 7.58. The van der Waals surface area contributed by atoms with Crippen molar-refractivity contribution in [2.75, 3.05) is 18.5 Å². The number of rotatable bonds is 9. The van der Waals surface area contributed by atoms with Crippen molar-refractivity contribution in [2.45, 2.75) is 36.9 Å². The largest absolute Gasteiger partial charge is 0.457 e. The number of thioether (sulfide) groups is 1. The van der Waals surface area contributed by atoms with Crippen LogP contribution in [0.15, 0.2) is 72.8 Å². The van der Waals surface area contributed by atoms with Gasteiger partial charge in [-0.25, -0.2) is 0 Å². The van der Waals surface area contributed by atoms with Gasteiger partial charge in [0.25, 0.3) is 11.8 Å². The molecule has 0 saturated carbocycles. The van der Waals surface area contributed by atoms with Crippen molar-refractivity contribution in [1.82, 2.24) is 4.90 Å². The Morgan fingerprint density at radius 1 is 1.03 bits per heavy atom. The highest BCUT2D eigenvalue weighted by atomic mass is 32.2. The van der Waals surface area contributed by atoms with E-state index in [0.717, 1.165) is 18.6 Å². The topological polar surface area (TPSA) is 84.9 Å². The zero-order valence-corrected chi connectivity index (χ0v) is 21.3. The van der Waals surface area contributed by atoms with E-state index in [1.165, 1.54) is 10.5 Å². The third-order valence-electron chi connectivity index (χ3n) is 6.42. The van der Waals surface area contributed by atoms with Crippen LogP contribution < -0.4 is 10.1 Å². The Morgan fingerprint density at radius 3 is 2.49 bits per heavy atom. The van der Waals surface area contributed by atoms with Crippen molar-refractivity contribution in [3.63, 3.8) is 0 Å². The van der Waals surface area contributed by atoms with Gasteiger partial charge in [0.05, 0.1) is 29.0 Å². The highest BCUT2D eigenvalue weighted by molar-refractivity contribution is 7.99. The van der Waals surface area contributed by atoms with E-state index in [-0.39, 0.29) is 35.6 Å². The molecule has 3 aromatic carbocycles. The van der Waals surface area contributed by atoms with Gasteiger partial charge in [-0.05, 0) is 67.8 Å². The number of carbonyl (C=O) groups excluding carboxylic acids is 3. The first kappa shape index (κ1) is 25.0. The maximum absolute atomic E-state index is 12.9. The standard InChI is InChI=1S/C29H28N2O5S/c1-19(37-18-20-6-3-2-4-7-20)27(32)30-21-9-11-22(12-10-21)36-23-13-14-25-26(16-23)29(34)31(28(25)33)17-24-8-5-15-35-24/h2-4,6-7,9-14,16,19,24H,5,8,15,17-18H2,1H3,(H,30,32). The highest BCUT2D eigenvalue weighted by Crippen LogP contribution is 2.31. The van der Waals surface area contributed by atoms with Gasteiger partial charge in [-0.2, -0.15) is 0 Å². The molecule has 1 fully saturated rings. The van der Waals surface area contributed by atoms with Crippen LogP contribution >= 0.6 is 11.8 Å². The molecule has 0 bridgehead atoms. The van der Waals surface area contributed by atoms with Gasteiger partial charge in [0, 0.05) is 18.0 Å². The summed E-state index contributed by atoms with van der Waals surface area (Å²) in [6, 6.07) is 22.0. The number of ether oxygens (including phenoxy) is 2. The Balaban J connectivity index is 1.17. The number of hydrogen-bond acceptors (Lipinski definition) is 6. The summed E-state index contributed by atoms with van der Waals surface area (Å²) < 4.78 is 11.5. The van der Waals surface area contributed by atoms with Gasteiger partial charge in [-0.15, -0.1) is 11.8 Å². The van der Waals surface area contributed by atoms with Gasteiger partial charge in [0.2, 0.25) is 5.91 Å². The molecule has 0 aliphatic carbocycles. The van der Waals surface area contributed by atoms with Crippen LogP contribution in [0.3, 0.4) is 0 Å². The molecule has 1 N–H and O–H groups in total. The fourth-order valence-electron chi connectivity index (χ4n) is 4.35. The van der Waals surface area contributed by atoms with Crippen molar-refractivity contribution in [2.24, 2.45) is 0 Å². The fraction of sp³-hybridized carbons (Fsp3) is 0.276. The fourth-order valence-corrected chi connectivity index (χ4v) is 5.19. The van der Waals surface area contributed by atoms with Gasteiger partial charge >= 0.3 is 0 Å². The minimum Gasteiger partial charge on any atom is -0.457 e. The molecule has 0 aromatic heterocycles. The van der Waals surface area contributed by atoms with Crippen LogP contribution in [0, 0.1) is 0 Å². The van der Waals surface area contributed by atoms with Crippen LogP contribution in [-0.4, -0.2) is 47.1 Å². The molecule has 5 rings (SSSR count). The van der Waals surface area contributed by atoms with Gasteiger partial charge < -0.3 is 14.8 Å². The summed E-state index contributed by atoms with van der Waals surface area (Å²) in [7, 11) is 0. The minimum atomic E-state index is -0.321. The van der Waals surface area contributed by atoms with E-state index in [4.69, 9.17) is 9.47 Å². The molecule has 0 spiro atoms. The molecule has 2 heterocycles. The SMILES string of the molecule is CC(SCc1ccccc1)C(=O)Nc1ccc(Oc2ccc3c(c2)C(=O)N(CC2CCCO2)C3=O)cc1. The quantitative estimate of drug-likeness (QED) is 0.377. The van der Waals surface area contributed by atoms with E-state index >= 15 is 0 Å². The van der Waals surface area contributed by atoms with E-state index in [9.17, 15) is 14.4 Å². The lowest BCUT2D eigenvalue weighted by Gasteiger charge is -2.17. The lowest BCUT2D eigenvalue weighted by molar-refractivity contribution is -0.115. The number of hydrogen-bond donors (Lipinski definition) is 1. The second-order valence-electron chi connectivity index (χ2n) is 9.12. The smallest absolute Gasteiger partial charge is 0.261 e. The molecular weight excluding hydrogens is 488 g/mol. The van der Waals surface area contributed by atoms with Gasteiger partial charge in [-0.1, -0.05) is 30.3 Å². The maximum atomic E-state index is 12.9. The van der Waals surface area contributed by atoms with Crippen LogP contribution in [0.1, 0.15) is 46.0 Å². The molecular formula is C29H28N2O5S. The average molecular weight is 517 g/mol. The average Bonchev–Trinajstić information content (AvgIpc) is 3.52. The minimum absolute atomic E-state index is 0.0658. The van der Waals surface area contributed by atoms with Crippen LogP contribution in [-0.2, 0) is 15.3 Å². The van der Waals surface area contributed by atoms with Crippen molar-refractivity contribution < 1.29 is 23.9 Å². The summed E-state index contributed by atoms with van der Waals surface area (Å²) in [5.74, 6) is 1.10. The first-order chi connectivity index (χ1) is 18.0. The molecule has 0 radical (unpaired) electrons. The van der Waals surface area contributed by atoms with Crippen molar-refractivity contribution in [3.8, 4) is 11.5 Å². The van der Waals surface area contributed by atoms with Crippen molar-refractivity contribution >= 4 is 35.2 Å². The third kappa shape index (κ3) is 5.87. The summed E-state index contributed by atoms with van der Waals surface area (Å²) >= 11 is 1.58. The molecule has 2 unspecified atom stereocenters. The number of carbonyl (C=O) groups is 3. The molecule has 2 atom stereocenters. The van der Waals surface area contributed by atoms with E-state index in [1.807, 2.05) is 37.3 Å². The van der Waals surface area contributed by atoms with Crippen LogP contribution in [0.25, 0.3) is 0 Å². The zero-order valence-electron chi connectivity index (χ0n) is 20.5. The second-order valence-corrected chi connectivity index (χ2v) is 10.4.